The number of carbonyl (C=O) groups is 1. The molecule has 4 heterocycles. The Bertz CT molecular complexity index is 1510. The molecule has 188 valence electrons. The molecular weight excluding hydrogens is 516 g/mol. The molecule has 0 aromatic carbocycles. The number of alkyl halides is 2. The molecule has 0 aliphatic heterocycles. The second kappa shape index (κ2) is 9.78. The number of hydrogen-bond donors (Lipinski definition) is 2. The van der Waals surface area contributed by atoms with E-state index in [1.807, 2.05) is 0 Å². The predicted octanol–water partition coefficient (Wildman–Crippen LogP) is 5.07. The summed E-state index contributed by atoms with van der Waals surface area (Å²) in [7, 11) is 0. The van der Waals surface area contributed by atoms with E-state index >= 15 is 0 Å². The molecule has 0 spiro atoms. The average Bonchev–Trinajstić information content (AvgIpc) is 3.34. The van der Waals surface area contributed by atoms with Crippen LogP contribution in [0.2, 0.25) is 5.15 Å². The minimum Gasteiger partial charge on any atom is -0.476 e. The van der Waals surface area contributed by atoms with E-state index in [9.17, 15) is 23.5 Å². The van der Waals surface area contributed by atoms with Crippen LogP contribution >= 0.6 is 22.9 Å². The standard InChI is InChI=1S/C23H20ClF2N5O4S/c1-11-20(35-8-14-9-36-10-27-14)30-19-15(6-13(23(3,25)26)7-31(19)21(11)32)12(2)28-16-4-5-17(24)29-18(16)22(33)34/h4-7,9-10,12,28H,8H2,1-3H3,(H,33,34)/t12-/m1/s1. The van der Waals surface area contributed by atoms with Crippen LogP contribution in [0.5, 0.6) is 5.88 Å². The smallest absolute Gasteiger partial charge is 0.356 e. The van der Waals surface area contributed by atoms with E-state index in [4.69, 9.17) is 16.3 Å². The van der Waals surface area contributed by atoms with E-state index < -0.39 is 29.1 Å². The molecule has 0 aliphatic rings. The average molecular weight is 536 g/mol. The van der Waals surface area contributed by atoms with Crippen molar-refractivity contribution in [2.24, 2.45) is 0 Å². The highest BCUT2D eigenvalue weighted by Crippen LogP contribution is 2.32. The lowest BCUT2D eigenvalue weighted by atomic mass is 10.0. The number of carboxylic acid groups (broad SMARTS) is 1. The first-order valence-electron chi connectivity index (χ1n) is 10.6. The predicted molar refractivity (Wildman–Crippen MR) is 130 cm³/mol. The first kappa shape index (κ1) is 25.5. The third-order valence-electron chi connectivity index (χ3n) is 5.38. The molecule has 4 aromatic rings. The van der Waals surface area contributed by atoms with Crippen molar-refractivity contribution in [3.8, 4) is 5.88 Å². The summed E-state index contributed by atoms with van der Waals surface area (Å²) in [5.41, 5.74) is 1.50. The van der Waals surface area contributed by atoms with Crippen molar-refractivity contribution in [1.29, 1.82) is 0 Å². The van der Waals surface area contributed by atoms with Gasteiger partial charge in [-0.2, -0.15) is 4.98 Å². The summed E-state index contributed by atoms with van der Waals surface area (Å²) in [6.07, 6.45) is 1.05. The van der Waals surface area contributed by atoms with Crippen LogP contribution in [0.1, 0.15) is 52.8 Å². The van der Waals surface area contributed by atoms with Crippen molar-refractivity contribution in [1.82, 2.24) is 19.4 Å². The fraction of sp³-hybridized carbons (Fsp3) is 0.261. The zero-order valence-corrected chi connectivity index (χ0v) is 20.8. The maximum absolute atomic E-state index is 14.4. The zero-order valence-electron chi connectivity index (χ0n) is 19.3. The number of fused-ring (bicyclic) bond motifs is 1. The normalized spacial score (nSPS) is 12.5. The number of nitrogens with zero attached hydrogens (tertiary/aromatic N) is 4. The summed E-state index contributed by atoms with van der Waals surface area (Å²) in [6, 6.07) is 3.27. The molecule has 0 unspecified atom stereocenters. The van der Waals surface area contributed by atoms with Gasteiger partial charge in [-0.15, -0.1) is 11.3 Å². The Morgan fingerprint density at radius 3 is 2.75 bits per heavy atom. The minimum absolute atomic E-state index is 0.0192. The number of anilines is 1. The largest absolute Gasteiger partial charge is 0.476 e. The maximum atomic E-state index is 14.4. The number of rotatable bonds is 8. The highest BCUT2D eigenvalue weighted by Gasteiger charge is 2.28. The van der Waals surface area contributed by atoms with Crippen molar-refractivity contribution in [3.63, 3.8) is 0 Å². The molecule has 0 saturated carbocycles. The quantitative estimate of drug-likeness (QED) is 0.300. The van der Waals surface area contributed by atoms with Gasteiger partial charge < -0.3 is 15.2 Å². The van der Waals surface area contributed by atoms with Crippen LogP contribution in [0.3, 0.4) is 0 Å². The lowest BCUT2D eigenvalue weighted by Crippen LogP contribution is -2.24. The summed E-state index contributed by atoms with van der Waals surface area (Å²) in [5, 5.41) is 14.2. The Balaban J connectivity index is 1.85. The lowest BCUT2D eigenvalue weighted by molar-refractivity contribution is 0.0169. The molecule has 36 heavy (non-hydrogen) atoms. The Morgan fingerprint density at radius 1 is 1.36 bits per heavy atom. The molecule has 13 heteroatoms. The Kier molecular flexibility index (Phi) is 6.92. The molecule has 0 aliphatic carbocycles. The Labute approximate surface area is 212 Å². The van der Waals surface area contributed by atoms with Crippen LogP contribution in [0.15, 0.2) is 40.1 Å². The summed E-state index contributed by atoms with van der Waals surface area (Å²) in [5.74, 6) is -4.55. The number of halogens is 3. The summed E-state index contributed by atoms with van der Waals surface area (Å²) < 4.78 is 35.5. The summed E-state index contributed by atoms with van der Waals surface area (Å²) in [6.45, 7) is 3.90. The van der Waals surface area contributed by atoms with E-state index in [1.54, 1.807) is 17.8 Å². The molecule has 0 fully saturated rings. The van der Waals surface area contributed by atoms with Crippen LogP contribution in [0.25, 0.3) is 5.65 Å². The van der Waals surface area contributed by atoms with E-state index in [2.05, 4.69) is 20.3 Å². The monoisotopic (exact) mass is 535 g/mol. The molecule has 0 saturated heterocycles. The van der Waals surface area contributed by atoms with Gasteiger partial charge in [-0.3, -0.25) is 9.20 Å². The number of carboxylic acids is 1. The van der Waals surface area contributed by atoms with E-state index in [1.165, 1.54) is 36.5 Å². The number of ether oxygens (including phenoxy) is 1. The third kappa shape index (κ3) is 5.14. The molecule has 2 N–H and O–H groups in total. The highest BCUT2D eigenvalue weighted by atomic mass is 35.5. The van der Waals surface area contributed by atoms with Crippen LogP contribution in [0, 0.1) is 6.92 Å². The van der Waals surface area contributed by atoms with Gasteiger partial charge in [0.05, 0.1) is 28.5 Å². The van der Waals surface area contributed by atoms with Gasteiger partial charge in [0.2, 0.25) is 5.88 Å². The Hall–Kier alpha value is -3.64. The number of thiazole rings is 1. The van der Waals surface area contributed by atoms with Gasteiger partial charge in [-0.25, -0.2) is 23.5 Å². The fourth-order valence-electron chi connectivity index (χ4n) is 3.51. The SMILES string of the molecule is Cc1c(OCc2cscn2)nc2c([C@@H](C)Nc3ccc(Cl)nc3C(=O)O)cc(C(C)(F)F)cn2c1=O. The molecule has 9 nitrogen and oxygen atoms in total. The van der Waals surface area contributed by atoms with Gasteiger partial charge in [-0.1, -0.05) is 11.6 Å². The minimum atomic E-state index is -3.26. The van der Waals surface area contributed by atoms with Crippen LogP contribution in [0.4, 0.5) is 14.5 Å². The second-order valence-electron chi connectivity index (χ2n) is 8.08. The second-order valence-corrected chi connectivity index (χ2v) is 9.19. The molecular formula is C23H20ClF2N5O4S. The van der Waals surface area contributed by atoms with Crippen LogP contribution < -0.4 is 15.6 Å². The van der Waals surface area contributed by atoms with Gasteiger partial charge in [0, 0.05) is 29.6 Å². The number of aromatic carboxylic acids is 1. The van der Waals surface area contributed by atoms with Gasteiger partial charge in [-0.05, 0) is 32.0 Å². The fourth-order valence-corrected chi connectivity index (χ4v) is 4.20. The van der Waals surface area contributed by atoms with Gasteiger partial charge in [0.1, 0.15) is 17.4 Å². The van der Waals surface area contributed by atoms with Crippen LogP contribution in [-0.2, 0) is 12.5 Å². The van der Waals surface area contributed by atoms with Crippen molar-refractivity contribution >= 4 is 40.2 Å². The molecule has 4 rings (SSSR count). The topological polar surface area (TPSA) is 119 Å². The molecule has 0 radical (unpaired) electrons. The lowest BCUT2D eigenvalue weighted by Gasteiger charge is -2.22. The van der Waals surface area contributed by atoms with E-state index in [0.717, 1.165) is 17.5 Å². The number of nitrogens with one attached hydrogen (secondary N) is 1. The van der Waals surface area contributed by atoms with Crippen molar-refractivity contribution in [3.05, 3.63) is 78.9 Å². The van der Waals surface area contributed by atoms with Gasteiger partial charge in [0.25, 0.3) is 11.5 Å². The summed E-state index contributed by atoms with van der Waals surface area (Å²) >= 11 is 7.22. The van der Waals surface area contributed by atoms with E-state index in [-0.39, 0.29) is 45.8 Å². The van der Waals surface area contributed by atoms with Crippen molar-refractivity contribution in [2.75, 3.05) is 5.32 Å². The van der Waals surface area contributed by atoms with Gasteiger partial charge in [0.15, 0.2) is 5.69 Å². The Morgan fingerprint density at radius 2 is 2.11 bits per heavy atom. The number of pyridine rings is 2. The maximum Gasteiger partial charge on any atom is 0.356 e. The first-order valence-corrected chi connectivity index (χ1v) is 11.9. The molecule has 4 aromatic heterocycles. The van der Waals surface area contributed by atoms with Gasteiger partial charge >= 0.3 is 5.97 Å². The molecule has 0 amide bonds. The zero-order chi connectivity index (χ0) is 26.2. The van der Waals surface area contributed by atoms with E-state index in [0.29, 0.717) is 5.69 Å². The molecule has 1 atom stereocenters. The van der Waals surface area contributed by atoms with Crippen molar-refractivity contribution in [2.45, 2.75) is 39.3 Å². The third-order valence-corrected chi connectivity index (χ3v) is 6.23. The van der Waals surface area contributed by atoms with Crippen molar-refractivity contribution < 1.29 is 23.4 Å². The summed E-state index contributed by atoms with van der Waals surface area (Å²) in [4.78, 5) is 37.2. The molecule has 0 bridgehead atoms. The highest BCUT2D eigenvalue weighted by molar-refractivity contribution is 7.07. The van der Waals surface area contributed by atoms with Crippen LogP contribution in [-0.4, -0.2) is 30.4 Å². The number of aromatic nitrogens is 4. The number of hydrogen-bond acceptors (Lipinski definition) is 8. The first-order chi connectivity index (χ1) is 17.0.